The third-order valence-corrected chi connectivity index (χ3v) is 11.3. The molecule has 0 saturated heterocycles. The molecule has 52 heavy (non-hydrogen) atoms. The fourth-order valence-corrected chi connectivity index (χ4v) is 9.34. The number of nitrogens with zero attached hydrogens (tertiary/aromatic N) is 1. The van der Waals surface area contributed by atoms with Crippen molar-refractivity contribution in [1.29, 1.82) is 0 Å². The van der Waals surface area contributed by atoms with E-state index < -0.39 is 5.41 Å². The van der Waals surface area contributed by atoms with Crippen molar-refractivity contribution >= 4 is 40.2 Å². The first-order valence-electron chi connectivity index (χ1n) is 18.1. The number of benzene rings is 7. The van der Waals surface area contributed by atoms with E-state index in [1.165, 1.54) is 55.6 Å². The van der Waals surface area contributed by atoms with Crippen LogP contribution in [0.15, 0.2) is 180 Å². The normalized spacial score (nSPS) is 14.1. The lowest BCUT2D eigenvalue weighted by Gasteiger charge is -2.36. The zero-order valence-corrected chi connectivity index (χ0v) is 28.5. The Hall–Kier alpha value is -6.64. The minimum absolute atomic E-state index is 0.513. The van der Waals surface area contributed by atoms with Crippen LogP contribution in [0.25, 0.3) is 56.5 Å². The van der Waals surface area contributed by atoms with Gasteiger partial charge in [-0.05, 0) is 81.3 Å². The Labute approximate surface area is 302 Å². The first kappa shape index (κ1) is 29.1. The maximum Gasteiger partial charge on any atom is 0.137 e. The summed E-state index contributed by atoms with van der Waals surface area (Å²) in [6.45, 7) is 0. The van der Waals surface area contributed by atoms with Crippen LogP contribution in [0.2, 0.25) is 0 Å². The topological polar surface area (TPSA) is 16.4 Å². The van der Waals surface area contributed by atoms with Crippen LogP contribution in [0.5, 0.6) is 0 Å². The highest BCUT2D eigenvalue weighted by Gasteiger charge is 2.53. The van der Waals surface area contributed by atoms with Gasteiger partial charge in [-0.3, -0.25) is 0 Å². The highest BCUT2D eigenvalue weighted by Crippen LogP contribution is 2.65. The van der Waals surface area contributed by atoms with E-state index in [9.17, 15) is 0 Å². The van der Waals surface area contributed by atoms with E-state index in [2.05, 4.69) is 193 Å². The predicted molar refractivity (Wildman–Crippen MR) is 215 cm³/mol. The molecule has 0 bridgehead atoms. The van der Waals surface area contributed by atoms with Gasteiger partial charge in [0.15, 0.2) is 0 Å². The Morgan fingerprint density at radius 2 is 1.04 bits per heavy atom. The van der Waals surface area contributed by atoms with E-state index >= 15 is 0 Å². The van der Waals surface area contributed by atoms with Crippen molar-refractivity contribution < 1.29 is 4.42 Å². The van der Waals surface area contributed by atoms with Gasteiger partial charge in [0.2, 0.25) is 0 Å². The van der Waals surface area contributed by atoms with Crippen LogP contribution in [0.1, 0.15) is 28.7 Å². The third-order valence-electron chi connectivity index (χ3n) is 11.3. The Morgan fingerprint density at radius 3 is 1.77 bits per heavy atom. The quantitative estimate of drug-likeness (QED) is 0.186. The summed E-state index contributed by atoms with van der Waals surface area (Å²) in [5.74, 6) is 0. The van der Waals surface area contributed by atoms with E-state index in [0.717, 1.165) is 45.1 Å². The number of furan rings is 1. The van der Waals surface area contributed by atoms with Gasteiger partial charge in [0.25, 0.3) is 0 Å². The number of rotatable bonds is 4. The monoisotopic (exact) mass is 663 g/mol. The van der Waals surface area contributed by atoms with Crippen LogP contribution in [-0.4, -0.2) is 0 Å². The van der Waals surface area contributed by atoms with Gasteiger partial charge in [0.05, 0.1) is 27.9 Å². The van der Waals surface area contributed by atoms with Gasteiger partial charge in [-0.25, -0.2) is 0 Å². The van der Waals surface area contributed by atoms with Crippen LogP contribution < -0.4 is 15.5 Å². The van der Waals surface area contributed by atoms with Gasteiger partial charge in [-0.2, -0.15) is 0 Å². The molecule has 1 heterocycles. The molecule has 3 aliphatic carbocycles. The summed E-state index contributed by atoms with van der Waals surface area (Å²) in [7, 11) is 0. The number of fused-ring (bicyclic) bond motifs is 13. The third kappa shape index (κ3) is 3.89. The molecule has 3 aliphatic rings. The number of anilines is 3. The second-order valence-corrected chi connectivity index (χ2v) is 13.9. The van der Waals surface area contributed by atoms with Crippen molar-refractivity contribution in [2.24, 2.45) is 0 Å². The molecule has 0 N–H and O–H groups in total. The molecule has 1 spiro atoms. The van der Waals surface area contributed by atoms with Crippen LogP contribution in [0.3, 0.4) is 0 Å². The molecule has 2 nitrogen and oxygen atoms in total. The second kappa shape index (κ2) is 11.2. The van der Waals surface area contributed by atoms with Crippen LogP contribution >= 0.6 is 0 Å². The average molecular weight is 664 g/mol. The van der Waals surface area contributed by atoms with E-state index in [1.807, 2.05) is 0 Å². The highest BCUT2D eigenvalue weighted by atomic mass is 16.3. The lowest BCUT2D eigenvalue weighted by atomic mass is 9.70. The van der Waals surface area contributed by atoms with Gasteiger partial charge < -0.3 is 9.32 Å². The summed E-state index contributed by atoms with van der Waals surface area (Å²) in [6, 6.07) is 60.2. The van der Waals surface area contributed by atoms with E-state index in [1.54, 1.807) is 0 Å². The van der Waals surface area contributed by atoms with Crippen molar-refractivity contribution in [1.82, 2.24) is 0 Å². The molecule has 0 amide bonds. The van der Waals surface area contributed by atoms with Gasteiger partial charge in [0, 0.05) is 16.3 Å². The summed E-state index contributed by atoms with van der Waals surface area (Å²) >= 11 is 0. The molecule has 1 aromatic heterocycles. The molecule has 244 valence electrons. The van der Waals surface area contributed by atoms with Crippen LogP contribution in [-0.2, 0) is 5.41 Å². The van der Waals surface area contributed by atoms with Gasteiger partial charge in [-0.1, -0.05) is 158 Å². The summed E-state index contributed by atoms with van der Waals surface area (Å²) in [4.78, 5) is 2.53. The Bertz CT molecular complexity index is 2830. The van der Waals surface area contributed by atoms with Crippen LogP contribution in [0.4, 0.5) is 17.1 Å². The first-order chi connectivity index (χ1) is 25.8. The number of allylic oxidation sites excluding steroid dienone is 2. The Morgan fingerprint density at radius 1 is 0.481 bits per heavy atom. The Balaban J connectivity index is 1.32. The maximum absolute atomic E-state index is 6.61. The average Bonchev–Trinajstić information content (AvgIpc) is 3.75. The van der Waals surface area contributed by atoms with Crippen molar-refractivity contribution in [3.05, 3.63) is 209 Å². The molecule has 8 aromatic rings. The van der Waals surface area contributed by atoms with Crippen LogP contribution in [0, 0.1) is 0 Å². The number of para-hydroxylation sites is 1. The van der Waals surface area contributed by atoms with Gasteiger partial charge >= 0.3 is 0 Å². The molecule has 0 aliphatic heterocycles. The van der Waals surface area contributed by atoms with E-state index in [0.29, 0.717) is 0 Å². The minimum atomic E-state index is -0.513. The fraction of sp³-hybridized carbons (Fsp3) is 0.0400. The lowest BCUT2D eigenvalue weighted by molar-refractivity contribution is 0.576. The maximum atomic E-state index is 6.61. The molecule has 7 aromatic carbocycles. The smallest absolute Gasteiger partial charge is 0.137 e. The fourth-order valence-electron chi connectivity index (χ4n) is 9.34. The number of hydrogen-bond acceptors (Lipinski definition) is 2. The summed E-state index contributed by atoms with van der Waals surface area (Å²) < 4.78 is 6.61. The largest absolute Gasteiger partial charge is 0.456 e. The lowest BCUT2D eigenvalue weighted by Crippen LogP contribution is -2.28. The van der Waals surface area contributed by atoms with E-state index in [4.69, 9.17) is 4.42 Å². The summed E-state index contributed by atoms with van der Waals surface area (Å²) in [5.41, 5.74) is 17.4. The predicted octanol–water partition coefficient (Wildman–Crippen LogP) is 11.4. The Kier molecular flexibility index (Phi) is 6.26. The minimum Gasteiger partial charge on any atom is -0.456 e. The molecular formula is C50H33NO. The number of hydrogen-bond donors (Lipinski definition) is 0. The SMILES string of the molecule is C1=CCC=c2c(oc3cccc(N(c4ccccc4-c4ccccc4)c4cccc5c4C4(c6ccccc6-c6ccccc64)c4ccccc4-5)c23)=C1. The molecular weight excluding hydrogens is 631 g/mol. The molecule has 2 heteroatoms. The first-order valence-corrected chi connectivity index (χ1v) is 18.1. The van der Waals surface area contributed by atoms with Crippen molar-refractivity contribution in [2.45, 2.75) is 11.8 Å². The molecule has 0 unspecified atom stereocenters. The zero-order valence-electron chi connectivity index (χ0n) is 28.5. The molecule has 11 rings (SSSR count). The standard InChI is InChI=1S/C50H33NO/c1-3-17-33(18-4-1)34-19-10-14-28-43(34)51(44-29-16-32-47-48(44)39-23-5-2-6-31-46(39)52-47)45-30-15-24-38-37-22-9-13-27-42(37)50(49(38)45)40-25-11-7-20-35(40)36-21-8-12-26-41(36)50/h1-4,6-32H,5H2. The molecule has 0 atom stereocenters. The van der Waals surface area contributed by atoms with E-state index in [-0.39, 0.29) is 0 Å². The zero-order chi connectivity index (χ0) is 34.2. The van der Waals surface area contributed by atoms with Gasteiger partial charge in [-0.15, -0.1) is 0 Å². The van der Waals surface area contributed by atoms with Gasteiger partial charge in [0.1, 0.15) is 11.0 Å². The van der Waals surface area contributed by atoms with Crippen molar-refractivity contribution in [2.75, 3.05) is 4.90 Å². The van der Waals surface area contributed by atoms with Crippen molar-refractivity contribution in [3.8, 4) is 33.4 Å². The molecule has 0 radical (unpaired) electrons. The summed E-state index contributed by atoms with van der Waals surface area (Å²) in [5, 5.41) is 2.26. The highest BCUT2D eigenvalue weighted by molar-refractivity contribution is 6.04. The van der Waals surface area contributed by atoms with Crippen molar-refractivity contribution in [3.63, 3.8) is 0 Å². The second-order valence-electron chi connectivity index (χ2n) is 13.9. The molecule has 0 saturated carbocycles. The molecule has 0 fully saturated rings. The summed E-state index contributed by atoms with van der Waals surface area (Å²) in [6.07, 6.45) is 9.55.